The Labute approximate surface area is 87.4 Å². The molecule has 14 heavy (non-hydrogen) atoms. The average molecular weight is 197 g/mol. The van der Waals surface area contributed by atoms with E-state index in [1.165, 1.54) is 38.5 Å². The molecule has 82 valence electrons. The van der Waals surface area contributed by atoms with Crippen LogP contribution in [-0.2, 0) is 4.74 Å². The summed E-state index contributed by atoms with van der Waals surface area (Å²) >= 11 is 0. The van der Waals surface area contributed by atoms with Crippen LogP contribution in [0.1, 0.15) is 45.4 Å². The number of nitrogens with one attached hydrogen (secondary N) is 1. The number of rotatable bonds is 5. The van der Waals surface area contributed by atoms with Gasteiger partial charge in [0.25, 0.3) is 0 Å². The zero-order chi connectivity index (χ0) is 9.80. The lowest BCUT2D eigenvalue weighted by molar-refractivity contribution is 0.0735. The van der Waals surface area contributed by atoms with Crippen molar-refractivity contribution < 1.29 is 4.74 Å². The van der Waals surface area contributed by atoms with Crippen molar-refractivity contribution in [2.45, 2.75) is 57.5 Å². The van der Waals surface area contributed by atoms with E-state index in [4.69, 9.17) is 4.74 Å². The minimum atomic E-state index is 0.737. The molecule has 0 aromatic heterocycles. The van der Waals surface area contributed by atoms with Crippen molar-refractivity contribution in [3.63, 3.8) is 0 Å². The van der Waals surface area contributed by atoms with Crippen molar-refractivity contribution in [3.8, 4) is 0 Å². The third kappa shape index (κ3) is 2.96. The predicted molar refractivity (Wildman–Crippen MR) is 58.4 cm³/mol. The van der Waals surface area contributed by atoms with Gasteiger partial charge in [0.2, 0.25) is 0 Å². The summed E-state index contributed by atoms with van der Waals surface area (Å²) in [5.41, 5.74) is 0. The molecule has 1 heterocycles. The third-order valence-corrected chi connectivity index (χ3v) is 3.46. The molecule has 1 unspecified atom stereocenters. The highest BCUT2D eigenvalue weighted by Gasteiger charge is 2.31. The molecule has 0 spiro atoms. The summed E-state index contributed by atoms with van der Waals surface area (Å²) in [7, 11) is 0. The van der Waals surface area contributed by atoms with Crippen molar-refractivity contribution in [1.82, 2.24) is 5.32 Å². The van der Waals surface area contributed by atoms with E-state index >= 15 is 0 Å². The Morgan fingerprint density at radius 1 is 1.21 bits per heavy atom. The van der Waals surface area contributed by atoms with Crippen LogP contribution >= 0.6 is 0 Å². The molecule has 1 saturated carbocycles. The van der Waals surface area contributed by atoms with Gasteiger partial charge >= 0.3 is 0 Å². The minimum Gasteiger partial charge on any atom is -0.381 e. The van der Waals surface area contributed by atoms with Crippen molar-refractivity contribution in [1.29, 1.82) is 0 Å². The lowest BCUT2D eigenvalue weighted by Crippen LogP contribution is -2.42. The molecule has 1 aliphatic carbocycles. The van der Waals surface area contributed by atoms with Crippen LogP contribution in [0.2, 0.25) is 0 Å². The molecule has 2 nitrogen and oxygen atoms in total. The quantitative estimate of drug-likeness (QED) is 0.730. The van der Waals surface area contributed by atoms with Gasteiger partial charge in [-0.1, -0.05) is 13.3 Å². The normalized spacial score (nSPS) is 26.4. The first-order valence-electron chi connectivity index (χ1n) is 6.24. The Balaban J connectivity index is 1.73. The lowest BCUT2D eigenvalue weighted by atomic mass is 10.0. The van der Waals surface area contributed by atoms with Gasteiger partial charge in [0.05, 0.1) is 0 Å². The second kappa shape index (κ2) is 5.13. The minimum absolute atomic E-state index is 0.737. The summed E-state index contributed by atoms with van der Waals surface area (Å²) in [6.07, 6.45) is 8.03. The van der Waals surface area contributed by atoms with E-state index in [1.807, 2.05) is 0 Å². The third-order valence-electron chi connectivity index (χ3n) is 3.46. The summed E-state index contributed by atoms with van der Waals surface area (Å²) in [5.74, 6) is 0.998. The Morgan fingerprint density at radius 2 is 1.93 bits per heavy atom. The van der Waals surface area contributed by atoms with Crippen molar-refractivity contribution in [2.75, 3.05) is 13.2 Å². The highest BCUT2D eigenvalue weighted by atomic mass is 16.5. The maximum absolute atomic E-state index is 5.38. The highest BCUT2D eigenvalue weighted by molar-refractivity contribution is 4.88. The van der Waals surface area contributed by atoms with Gasteiger partial charge in [-0.25, -0.2) is 0 Å². The second-order valence-electron chi connectivity index (χ2n) is 4.79. The molecule has 0 amide bonds. The standard InChI is InChI=1S/C12H23NO/c1-2-3-12(10-4-5-10)13-11-6-8-14-9-7-11/h10-13H,2-9H2,1H3. The zero-order valence-corrected chi connectivity index (χ0v) is 9.30. The number of hydrogen-bond donors (Lipinski definition) is 1. The first kappa shape index (κ1) is 10.4. The van der Waals surface area contributed by atoms with E-state index in [2.05, 4.69) is 12.2 Å². The first-order valence-corrected chi connectivity index (χ1v) is 6.24. The van der Waals surface area contributed by atoms with Gasteiger partial charge in [0, 0.05) is 25.3 Å². The Hall–Kier alpha value is -0.0800. The molecule has 0 aromatic carbocycles. The van der Waals surface area contributed by atoms with E-state index in [-0.39, 0.29) is 0 Å². The first-order chi connectivity index (χ1) is 6.90. The number of hydrogen-bond acceptors (Lipinski definition) is 2. The van der Waals surface area contributed by atoms with Gasteiger partial charge in [-0.2, -0.15) is 0 Å². The topological polar surface area (TPSA) is 21.3 Å². The Kier molecular flexibility index (Phi) is 3.82. The van der Waals surface area contributed by atoms with Crippen molar-refractivity contribution in [3.05, 3.63) is 0 Å². The zero-order valence-electron chi connectivity index (χ0n) is 9.30. The summed E-state index contributed by atoms with van der Waals surface area (Å²) in [5, 5.41) is 3.84. The molecule has 1 saturated heterocycles. The monoisotopic (exact) mass is 197 g/mol. The van der Waals surface area contributed by atoms with Crippen LogP contribution in [0.15, 0.2) is 0 Å². The van der Waals surface area contributed by atoms with E-state index in [0.29, 0.717) is 0 Å². The van der Waals surface area contributed by atoms with Crippen LogP contribution in [0.3, 0.4) is 0 Å². The van der Waals surface area contributed by atoms with Gasteiger partial charge < -0.3 is 10.1 Å². The maximum atomic E-state index is 5.38. The Morgan fingerprint density at radius 3 is 2.50 bits per heavy atom. The van der Waals surface area contributed by atoms with E-state index in [9.17, 15) is 0 Å². The fourth-order valence-corrected chi connectivity index (χ4v) is 2.43. The predicted octanol–water partition coefficient (Wildman–Crippen LogP) is 2.33. The van der Waals surface area contributed by atoms with E-state index < -0.39 is 0 Å². The van der Waals surface area contributed by atoms with Crippen LogP contribution in [0.4, 0.5) is 0 Å². The summed E-state index contributed by atoms with van der Waals surface area (Å²) in [6.45, 7) is 4.21. The smallest absolute Gasteiger partial charge is 0.0480 e. The summed E-state index contributed by atoms with van der Waals surface area (Å²) < 4.78 is 5.38. The van der Waals surface area contributed by atoms with Crippen LogP contribution in [0.5, 0.6) is 0 Å². The Bertz CT molecular complexity index is 162. The molecular weight excluding hydrogens is 174 g/mol. The van der Waals surface area contributed by atoms with E-state index in [1.54, 1.807) is 0 Å². The van der Waals surface area contributed by atoms with Crippen molar-refractivity contribution >= 4 is 0 Å². The SMILES string of the molecule is CCCC(NC1CCOCC1)C1CC1. The molecule has 0 radical (unpaired) electrons. The van der Waals surface area contributed by atoms with Crippen LogP contribution in [0, 0.1) is 5.92 Å². The van der Waals surface area contributed by atoms with Crippen LogP contribution in [0.25, 0.3) is 0 Å². The van der Waals surface area contributed by atoms with Crippen molar-refractivity contribution in [2.24, 2.45) is 5.92 Å². The number of ether oxygens (including phenoxy) is 1. The molecule has 2 fully saturated rings. The van der Waals surface area contributed by atoms with Gasteiger partial charge in [-0.05, 0) is 38.0 Å². The van der Waals surface area contributed by atoms with Gasteiger partial charge in [0.1, 0.15) is 0 Å². The molecule has 2 heteroatoms. The van der Waals surface area contributed by atoms with Gasteiger partial charge in [-0.3, -0.25) is 0 Å². The average Bonchev–Trinajstić information content (AvgIpc) is 3.02. The lowest BCUT2D eigenvalue weighted by Gasteiger charge is -2.28. The molecule has 0 aromatic rings. The van der Waals surface area contributed by atoms with Crippen LogP contribution < -0.4 is 5.32 Å². The second-order valence-corrected chi connectivity index (χ2v) is 4.79. The molecule has 1 atom stereocenters. The molecule has 1 N–H and O–H groups in total. The molecule has 1 aliphatic heterocycles. The molecular formula is C12H23NO. The summed E-state index contributed by atoms with van der Waals surface area (Å²) in [6, 6.07) is 1.55. The molecule has 2 rings (SSSR count). The fraction of sp³-hybridized carbons (Fsp3) is 1.00. The maximum Gasteiger partial charge on any atom is 0.0480 e. The van der Waals surface area contributed by atoms with E-state index in [0.717, 1.165) is 31.2 Å². The van der Waals surface area contributed by atoms with Crippen LogP contribution in [-0.4, -0.2) is 25.3 Å². The largest absolute Gasteiger partial charge is 0.381 e. The van der Waals surface area contributed by atoms with Gasteiger partial charge in [0.15, 0.2) is 0 Å². The highest BCUT2D eigenvalue weighted by Crippen LogP contribution is 2.35. The molecule has 2 aliphatic rings. The molecule has 0 bridgehead atoms. The van der Waals surface area contributed by atoms with Gasteiger partial charge in [-0.15, -0.1) is 0 Å². The fourth-order valence-electron chi connectivity index (χ4n) is 2.43. The summed E-state index contributed by atoms with van der Waals surface area (Å²) in [4.78, 5) is 0.